The molecular formula is C15H13FO3S. The predicted molar refractivity (Wildman–Crippen MR) is 75.0 cm³/mol. The number of fused-ring (bicyclic) bond motifs is 1. The van der Waals surface area contributed by atoms with Gasteiger partial charge in [-0.2, -0.15) is 0 Å². The van der Waals surface area contributed by atoms with Gasteiger partial charge in [0.2, 0.25) is 0 Å². The van der Waals surface area contributed by atoms with Crippen molar-refractivity contribution in [1.29, 1.82) is 0 Å². The van der Waals surface area contributed by atoms with Gasteiger partial charge in [0, 0.05) is 16.9 Å². The topological polar surface area (TPSA) is 51.2 Å². The first kappa shape index (κ1) is 13.2. The lowest BCUT2D eigenvalue weighted by Gasteiger charge is -2.10. The molecular weight excluding hydrogens is 279 g/mol. The number of Topliss-reactive ketones (excluding diaryl/α,β-unsaturated/α-hetero) is 1. The van der Waals surface area contributed by atoms with Crippen LogP contribution in [-0.4, -0.2) is 25.7 Å². The van der Waals surface area contributed by atoms with Crippen LogP contribution in [0.1, 0.15) is 16.8 Å². The standard InChI is InChI=1S/C15H13FO3S/c16-14-6-5-13(11-3-1-2-4-12(11)14)15(17)10-7-8-20(18,19)9-10/h1-6,10H,7-9H2. The maximum atomic E-state index is 13.7. The lowest BCUT2D eigenvalue weighted by Crippen LogP contribution is -2.16. The van der Waals surface area contributed by atoms with Crippen molar-refractivity contribution in [2.24, 2.45) is 5.92 Å². The van der Waals surface area contributed by atoms with Crippen molar-refractivity contribution >= 4 is 26.4 Å². The highest BCUT2D eigenvalue weighted by Gasteiger charge is 2.34. The Kier molecular flexibility index (Phi) is 3.09. The molecule has 1 heterocycles. The third-order valence-electron chi connectivity index (χ3n) is 3.74. The highest BCUT2D eigenvalue weighted by atomic mass is 32.2. The third-order valence-corrected chi connectivity index (χ3v) is 5.51. The van der Waals surface area contributed by atoms with Gasteiger partial charge in [0.25, 0.3) is 0 Å². The summed E-state index contributed by atoms with van der Waals surface area (Å²) in [6.07, 6.45) is 0.354. The predicted octanol–water partition coefficient (Wildman–Crippen LogP) is 2.60. The Morgan fingerprint density at radius 1 is 1.10 bits per heavy atom. The smallest absolute Gasteiger partial charge is 0.167 e. The van der Waals surface area contributed by atoms with Gasteiger partial charge in [-0.1, -0.05) is 24.3 Å². The van der Waals surface area contributed by atoms with E-state index in [0.29, 0.717) is 22.8 Å². The Hall–Kier alpha value is -1.75. The van der Waals surface area contributed by atoms with Crippen molar-refractivity contribution in [3.05, 3.63) is 47.8 Å². The molecule has 0 bridgehead atoms. The molecule has 2 aromatic rings. The second-order valence-corrected chi connectivity index (χ2v) is 7.33. The lowest BCUT2D eigenvalue weighted by atomic mass is 9.93. The minimum atomic E-state index is -3.10. The van der Waals surface area contributed by atoms with Gasteiger partial charge in [-0.15, -0.1) is 0 Å². The summed E-state index contributed by atoms with van der Waals surface area (Å²) in [6, 6.07) is 9.47. The van der Waals surface area contributed by atoms with Gasteiger partial charge in [0.15, 0.2) is 15.6 Å². The highest BCUT2D eigenvalue weighted by molar-refractivity contribution is 7.91. The van der Waals surface area contributed by atoms with Gasteiger partial charge >= 0.3 is 0 Å². The zero-order chi connectivity index (χ0) is 14.3. The van der Waals surface area contributed by atoms with E-state index in [9.17, 15) is 17.6 Å². The van der Waals surface area contributed by atoms with E-state index in [4.69, 9.17) is 0 Å². The molecule has 0 spiro atoms. The van der Waals surface area contributed by atoms with E-state index in [1.807, 2.05) is 0 Å². The maximum absolute atomic E-state index is 13.7. The summed E-state index contributed by atoms with van der Waals surface area (Å²) < 4.78 is 36.7. The molecule has 104 valence electrons. The molecule has 1 aliphatic heterocycles. The van der Waals surface area contributed by atoms with Crippen LogP contribution in [0.4, 0.5) is 4.39 Å². The largest absolute Gasteiger partial charge is 0.294 e. The summed E-state index contributed by atoms with van der Waals surface area (Å²) in [7, 11) is -3.10. The number of benzene rings is 2. The number of sulfone groups is 1. The van der Waals surface area contributed by atoms with Gasteiger partial charge in [0.1, 0.15) is 5.82 Å². The summed E-state index contributed by atoms with van der Waals surface area (Å²) in [5.74, 6) is -1.13. The van der Waals surface area contributed by atoms with Crippen LogP contribution in [0.25, 0.3) is 10.8 Å². The van der Waals surface area contributed by atoms with E-state index < -0.39 is 15.8 Å². The number of rotatable bonds is 2. The average Bonchev–Trinajstić information content (AvgIpc) is 2.79. The monoisotopic (exact) mass is 292 g/mol. The van der Waals surface area contributed by atoms with Crippen LogP contribution in [0.5, 0.6) is 0 Å². The summed E-state index contributed by atoms with van der Waals surface area (Å²) >= 11 is 0. The minimum absolute atomic E-state index is 0.0581. The van der Waals surface area contributed by atoms with Gasteiger partial charge in [-0.05, 0) is 23.9 Å². The van der Waals surface area contributed by atoms with Gasteiger partial charge in [-0.25, -0.2) is 12.8 Å². The van der Waals surface area contributed by atoms with Crippen LogP contribution >= 0.6 is 0 Å². The fourth-order valence-corrected chi connectivity index (χ4v) is 4.44. The molecule has 2 aromatic carbocycles. The average molecular weight is 292 g/mol. The molecule has 3 rings (SSSR count). The maximum Gasteiger partial charge on any atom is 0.167 e. The zero-order valence-corrected chi connectivity index (χ0v) is 11.5. The van der Waals surface area contributed by atoms with E-state index in [2.05, 4.69) is 0 Å². The van der Waals surface area contributed by atoms with E-state index in [0.717, 1.165) is 0 Å². The first-order valence-corrected chi connectivity index (χ1v) is 8.22. The fourth-order valence-electron chi connectivity index (χ4n) is 2.70. The van der Waals surface area contributed by atoms with Crippen molar-refractivity contribution in [1.82, 2.24) is 0 Å². The molecule has 1 atom stereocenters. The second-order valence-electron chi connectivity index (χ2n) is 5.10. The first-order valence-electron chi connectivity index (χ1n) is 6.40. The Morgan fingerprint density at radius 2 is 1.80 bits per heavy atom. The van der Waals surface area contributed by atoms with E-state index in [-0.39, 0.29) is 23.1 Å². The third kappa shape index (κ3) is 2.22. The molecule has 3 nitrogen and oxygen atoms in total. The van der Waals surface area contributed by atoms with E-state index in [1.165, 1.54) is 12.1 Å². The van der Waals surface area contributed by atoms with Crippen molar-refractivity contribution in [2.75, 3.05) is 11.5 Å². The van der Waals surface area contributed by atoms with Crippen molar-refractivity contribution in [2.45, 2.75) is 6.42 Å². The molecule has 0 amide bonds. The van der Waals surface area contributed by atoms with Crippen LogP contribution in [0.15, 0.2) is 36.4 Å². The van der Waals surface area contributed by atoms with Crippen LogP contribution in [0.2, 0.25) is 0 Å². The second kappa shape index (κ2) is 4.66. The Labute approximate surface area is 116 Å². The summed E-state index contributed by atoms with van der Waals surface area (Å²) in [4.78, 5) is 12.5. The van der Waals surface area contributed by atoms with Crippen LogP contribution in [0, 0.1) is 11.7 Å². The van der Waals surface area contributed by atoms with Crippen LogP contribution in [0.3, 0.4) is 0 Å². The molecule has 1 fully saturated rings. The van der Waals surface area contributed by atoms with E-state index in [1.54, 1.807) is 24.3 Å². The molecule has 0 N–H and O–H groups in total. The number of carbonyl (C=O) groups is 1. The van der Waals surface area contributed by atoms with E-state index >= 15 is 0 Å². The lowest BCUT2D eigenvalue weighted by molar-refractivity contribution is 0.0935. The highest BCUT2D eigenvalue weighted by Crippen LogP contribution is 2.28. The molecule has 1 aliphatic rings. The molecule has 20 heavy (non-hydrogen) atoms. The molecule has 0 saturated carbocycles. The molecule has 5 heteroatoms. The Morgan fingerprint density at radius 3 is 2.45 bits per heavy atom. The Balaban J connectivity index is 2.07. The zero-order valence-electron chi connectivity index (χ0n) is 10.7. The summed E-state index contributed by atoms with van der Waals surface area (Å²) in [5, 5.41) is 0.931. The van der Waals surface area contributed by atoms with Gasteiger partial charge in [-0.3, -0.25) is 4.79 Å². The van der Waals surface area contributed by atoms with Crippen molar-refractivity contribution in [3.63, 3.8) is 0 Å². The normalized spacial score (nSPS) is 21.1. The quantitative estimate of drug-likeness (QED) is 0.799. The SMILES string of the molecule is O=C(c1ccc(F)c2ccccc12)C1CCS(=O)(=O)C1. The summed E-state index contributed by atoms with van der Waals surface area (Å²) in [5.41, 5.74) is 0.407. The fraction of sp³-hybridized carbons (Fsp3) is 0.267. The molecule has 1 unspecified atom stereocenters. The first-order chi connectivity index (χ1) is 9.48. The number of ketones is 1. The number of hydrogen-bond acceptors (Lipinski definition) is 3. The van der Waals surface area contributed by atoms with Gasteiger partial charge in [0.05, 0.1) is 11.5 Å². The van der Waals surface area contributed by atoms with Crippen LogP contribution in [-0.2, 0) is 9.84 Å². The number of halogens is 1. The van der Waals surface area contributed by atoms with Crippen LogP contribution < -0.4 is 0 Å². The molecule has 0 aliphatic carbocycles. The molecule has 1 saturated heterocycles. The number of hydrogen-bond donors (Lipinski definition) is 0. The molecule has 0 aromatic heterocycles. The number of carbonyl (C=O) groups excluding carboxylic acids is 1. The Bertz CT molecular complexity index is 796. The van der Waals surface area contributed by atoms with Crippen molar-refractivity contribution in [3.8, 4) is 0 Å². The summed E-state index contributed by atoms with van der Waals surface area (Å²) in [6.45, 7) is 0. The molecule has 0 radical (unpaired) electrons. The van der Waals surface area contributed by atoms with Crippen molar-refractivity contribution < 1.29 is 17.6 Å². The minimum Gasteiger partial charge on any atom is -0.294 e. The van der Waals surface area contributed by atoms with Gasteiger partial charge < -0.3 is 0 Å².